The van der Waals surface area contributed by atoms with Crippen LogP contribution in [0.5, 0.6) is 0 Å². The van der Waals surface area contributed by atoms with Gasteiger partial charge in [0.05, 0.1) is 11.0 Å². The lowest BCUT2D eigenvalue weighted by molar-refractivity contribution is -0.146. The number of benzene rings is 2. The summed E-state index contributed by atoms with van der Waals surface area (Å²) in [6, 6.07) is 13.2. The number of carbonyl (C=O) groups excluding carboxylic acids is 1. The van der Waals surface area contributed by atoms with Crippen molar-refractivity contribution >= 4 is 16.8 Å². The fraction of sp³-hybridized carbons (Fsp3) is 0.222. The first-order valence-electron chi connectivity index (χ1n) is 7.54. The number of alkyl halides is 3. The van der Waals surface area contributed by atoms with Crippen LogP contribution in [0.15, 0.2) is 48.5 Å². The summed E-state index contributed by atoms with van der Waals surface area (Å²) in [6.07, 6.45) is -4.14. The van der Waals surface area contributed by atoms with Crippen molar-refractivity contribution in [3.8, 4) is 0 Å². The molecule has 0 amide bonds. The molecule has 0 bridgehead atoms. The monoisotopic (exact) mass is 332 g/mol. The van der Waals surface area contributed by atoms with Gasteiger partial charge in [0.2, 0.25) is 5.82 Å². The first-order chi connectivity index (χ1) is 11.4. The van der Waals surface area contributed by atoms with E-state index in [1.165, 1.54) is 0 Å². The third-order valence-electron chi connectivity index (χ3n) is 3.85. The van der Waals surface area contributed by atoms with E-state index in [9.17, 15) is 18.0 Å². The van der Waals surface area contributed by atoms with Crippen molar-refractivity contribution in [1.82, 2.24) is 9.55 Å². The molecule has 3 rings (SSSR count). The van der Waals surface area contributed by atoms with Crippen molar-refractivity contribution in [3.63, 3.8) is 0 Å². The van der Waals surface area contributed by atoms with Crippen molar-refractivity contribution in [2.45, 2.75) is 26.1 Å². The molecule has 0 radical (unpaired) electrons. The lowest BCUT2D eigenvalue weighted by Crippen LogP contribution is -2.15. The van der Waals surface area contributed by atoms with Crippen LogP contribution in [-0.2, 0) is 12.7 Å². The highest BCUT2D eigenvalue weighted by molar-refractivity contribution is 5.95. The van der Waals surface area contributed by atoms with Gasteiger partial charge in [-0.25, -0.2) is 4.98 Å². The molecule has 6 heteroatoms. The molecule has 124 valence electrons. The summed E-state index contributed by atoms with van der Waals surface area (Å²) < 4.78 is 41.0. The molecule has 3 nitrogen and oxygen atoms in total. The van der Waals surface area contributed by atoms with E-state index >= 15 is 0 Å². The zero-order valence-electron chi connectivity index (χ0n) is 13.0. The Morgan fingerprint density at radius 1 is 1.08 bits per heavy atom. The third kappa shape index (κ3) is 3.04. The summed E-state index contributed by atoms with van der Waals surface area (Å²) in [7, 11) is 0. The van der Waals surface area contributed by atoms with Crippen LogP contribution in [0.25, 0.3) is 11.0 Å². The Balaban J connectivity index is 2.01. The Morgan fingerprint density at radius 3 is 2.38 bits per heavy atom. The number of carbonyl (C=O) groups is 1. The van der Waals surface area contributed by atoms with Gasteiger partial charge in [-0.05, 0) is 17.7 Å². The number of Topliss-reactive ketones (excluding diaryl/α,β-unsaturated/α-hetero) is 1. The van der Waals surface area contributed by atoms with Gasteiger partial charge in [0, 0.05) is 18.5 Å². The van der Waals surface area contributed by atoms with E-state index in [0.717, 1.165) is 4.57 Å². The smallest absolute Gasteiger partial charge is 0.316 e. The molecule has 1 heterocycles. The Labute approximate surface area is 136 Å². The summed E-state index contributed by atoms with van der Waals surface area (Å²) in [6.45, 7) is 1.80. The molecule has 0 N–H and O–H groups in total. The van der Waals surface area contributed by atoms with Gasteiger partial charge in [0.25, 0.3) is 0 Å². The lowest BCUT2D eigenvalue weighted by atomic mass is 10.1. The normalized spacial score (nSPS) is 11.8. The van der Waals surface area contributed by atoms with Gasteiger partial charge in [-0.2, -0.15) is 13.2 Å². The second-order valence-corrected chi connectivity index (χ2v) is 5.48. The van der Waals surface area contributed by atoms with Crippen LogP contribution in [0.3, 0.4) is 0 Å². The van der Waals surface area contributed by atoms with Crippen molar-refractivity contribution < 1.29 is 18.0 Å². The largest absolute Gasteiger partial charge is 0.449 e. The third-order valence-corrected chi connectivity index (χ3v) is 3.85. The zero-order chi connectivity index (χ0) is 17.3. The minimum absolute atomic E-state index is 0.00520. The van der Waals surface area contributed by atoms with Crippen molar-refractivity contribution in [2.75, 3.05) is 0 Å². The summed E-state index contributed by atoms with van der Waals surface area (Å²) in [5.41, 5.74) is 1.98. The quantitative estimate of drug-likeness (QED) is 0.649. The number of fused-ring (bicyclic) bond motifs is 1. The SMILES string of the molecule is CCC(=O)c1ccc(Cn2c(C(F)(F)F)nc3ccccc32)cc1. The summed E-state index contributed by atoms with van der Waals surface area (Å²) in [5, 5.41) is 0. The maximum atomic E-state index is 13.3. The van der Waals surface area contributed by atoms with Gasteiger partial charge < -0.3 is 4.57 Å². The Morgan fingerprint density at radius 2 is 1.75 bits per heavy atom. The summed E-state index contributed by atoms with van der Waals surface area (Å²) in [4.78, 5) is 15.4. The van der Waals surface area contributed by atoms with Gasteiger partial charge >= 0.3 is 6.18 Å². The van der Waals surface area contributed by atoms with Gasteiger partial charge in [-0.3, -0.25) is 4.79 Å². The number of rotatable bonds is 4. The predicted octanol–water partition coefficient (Wildman–Crippen LogP) is 4.70. The minimum Gasteiger partial charge on any atom is -0.316 e. The van der Waals surface area contributed by atoms with Crippen LogP contribution in [-0.4, -0.2) is 15.3 Å². The summed E-state index contributed by atoms with van der Waals surface area (Å²) >= 11 is 0. The number of hydrogen-bond acceptors (Lipinski definition) is 2. The van der Waals surface area contributed by atoms with E-state index in [1.807, 2.05) is 0 Å². The highest BCUT2D eigenvalue weighted by Crippen LogP contribution is 2.32. The van der Waals surface area contributed by atoms with Crippen LogP contribution in [0, 0.1) is 0 Å². The van der Waals surface area contributed by atoms with Gasteiger partial charge in [0.1, 0.15) is 0 Å². The van der Waals surface area contributed by atoms with E-state index in [4.69, 9.17) is 0 Å². The van der Waals surface area contributed by atoms with Crippen LogP contribution in [0.4, 0.5) is 13.2 Å². The zero-order valence-corrected chi connectivity index (χ0v) is 13.0. The molecule has 3 aromatic rings. The number of imidazole rings is 1. The predicted molar refractivity (Wildman–Crippen MR) is 84.9 cm³/mol. The maximum absolute atomic E-state index is 13.3. The summed E-state index contributed by atoms with van der Waals surface area (Å²) in [5.74, 6) is -0.914. The van der Waals surface area contributed by atoms with Crippen molar-refractivity contribution in [2.24, 2.45) is 0 Å². The number of hydrogen-bond donors (Lipinski definition) is 0. The Bertz CT molecular complexity index is 879. The standard InChI is InChI=1S/C18H15F3N2O/c1-2-16(24)13-9-7-12(8-10-13)11-23-15-6-4-3-5-14(15)22-17(23)18(19,20)21/h3-10H,2,11H2,1H3. The fourth-order valence-electron chi connectivity index (χ4n) is 2.63. The second-order valence-electron chi connectivity index (χ2n) is 5.48. The van der Waals surface area contributed by atoms with Crippen molar-refractivity contribution in [1.29, 1.82) is 0 Å². The number of halogens is 3. The van der Waals surface area contributed by atoms with Gasteiger partial charge in [-0.1, -0.05) is 43.3 Å². The lowest BCUT2D eigenvalue weighted by Gasteiger charge is -2.12. The molecule has 0 spiro atoms. The first-order valence-corrected chi connectivity index (χ1v) is 7.54. The molecule has 0 atom stereocenters. The van der Waals surface area contributed by atoms with E-state index in [0.29, 0.717) is 28.6 Å². The molecular formula is C18H15F3N2O. The van der Waals surface area contributed by atoms with Crippen LogP contribution in [0.1, 0.15) is 35.1 Å². The molecule has 1 aromatic heterocycles. The first kappa shape index (κ1) is 16.2. The average Bonchev–Trinajstić information content (AvgIpc) is 2.94. The molecule has 0 aliphatic carbocycles. The molecule has 2 aromatic carbocycles. The topological polar surface area (TPSA) is 34.9 Å². The second kappa shape index (κ2) is 6.11. The van der Waals surface area contributed by atoms with Crippen LogP contribution < -0.4 is 0 Å². The molecule has 0 fully saturated rings. The molecule has 0 saturated carbocycles. The molecule has 0 unspecified atom stereocenters. The van der Waals surface area contributed by atoms with E-state index in [-0.39, 0.29) is 12.3 Å². The Kier molecular flexibility index (Phi) is 4.13. The van der Waals surface area contributed by atoms with E-state index in [2.05, 4.69) is 4.98 Å². The molecule has 24 heavy (non-hydrogen) atoms. The highest BCUT2D eigenvalue weighted by atomic mass is 19.4. The molecular weight excluding hydrogens is 317 g/mol. The maximum Gasteiger partial charge on any atom is 0.449 e. The Hall–Kier alpha value is -2.63. The van der Waals surface area contributed by atoms with Crippen LogP contribution >= 0.6 is 0 Å². The van der Waals surface area contributed by atoms with E-state index in [1.54, 1.807) is 55.5 Å². The van der Waals surface area contributed by atoms with E-state index < -0.39 is 12.0 Å². The minimum atomic E-state index is -4.53. The number of nitrogens with zero attached hydrogens (tertiary/aromatic N) is 2. The van der Waals surface area contributed by atoms with Crippen LogP contribution in [0.2, 0.25) is 0 Å². The van der Waals surface area contributed by atoms with Gasteiger partial charge in [0.15, 0.2) is 5.78 Å². The molecule has 0 aliphatic rings. The number of para-hydroxylation sites is 2. The number of aromatic nitrogens is 2. The highest BCUT2D eigenvalue weighted by Gasteiger charge is 2.37. The fourth-order valence-corrected chi connectivity index (χ4v) is 2.63. The van der Waals surface area contributed by atoms with Crippen molar-refractivity contribution in [3.05, 3.63) is 65.5 Å². The molecule has 0 aliphatic heterocycles. The van der Waals surface area contributed by atoms with Gasteiger partial charge in [-0.15, -0.1) is 0 Å². The average molecular weight is 332 g/mol. The molecule has 0 saturated heterocycles. The number of ketones is 1.